The molecule has 0 spiro atoms. The Balaban J connectivity index is 1.56. The van der Waals surface area contributed by atoms with Gasteiger partial charge in [-0.05, 0) is 55.0 Å². The highest BCUT2D eigenvalue weighted by Gasteiger charge is 2.13. The molecule has 0 saturated heterocycles. The van der Waals surface area contributed by atoms with E-state index in [2.05, 4.69) is 15.0 Å². The van der Waals surface area contributed by atoms with Gasteiger partial charge in [-0.1, -0.05) is 35.0 Å². The van der Waals surface area contributed by atoms with Crippen LogP contribution in [0.2, 0.25) is 5.02 Å². The van der Waals surface area contributed by atoms with Gasteiger partial charge in [0.25, 0.3) is 0 Å². The van der Waals surface area contributed by atoms with E-state index in [0.29, 0.717) is 39.3 Å². The molecular formula is C23H21ClN4O4S. The lowest BCUT2D eigenvalue weighted by molar-refractivity contribution is 0.301. The summed E-state index contributed by atoms with van der Waals surface area (Å²) in [5.41, 5.74) is 2.49. The first-order chi connectivity index (χ1) is 15.8. The van der Waals surface area contributed by atoms with E-state index in [4.69, 9.17) is 21.1 Å². The Labute approximate surface area is 196 Å². The average Bonchev–Trinajstić information content (AvgIpc) is 3.25. The molecule has 8 nitrogen and oxygen atoms in total. The van der Waals surface area contributed by atoms with E-state index < -0.39 is 10.0 Å². The molecule has 0 unspecified atom stereocenters. The van der Waals surface area contributed by atoms with Crippen molar-refractivity contribution in [3.8, 4) is 22.9 Å². The quantitative estimate of drug-likeness (QED) is 0.379. The van der Waals surface area contributed by atoms with Crippen LogP contribution in [-0.2, 0) is 16.6 Å². The topological polar surface area (TPSA) is 95.3 Å². The van der Waals surface area contributed by atoms with Crippen LogP contribution >= 0.6 is 11.6 Å². The number of halogens is 1. The normalized spacial score (nSPS) is 11.2. The Hall–Kier alpha value is -3.56. The van der Waals surface area contributed by atoms with Gasteiger partial charge in [-0.25, -0.2) is 13.1 Å². The van der Waals surface area contributed by atoms with Crippen molar-refractivity contribution in [1.29, 1.82) is 0 Å². The summed E-state index contributed by atoms with van der Waals surface area (Å²) in [4.78, 5) is 0. The number of hydrogen-bond donors (Lipinski definition) is 1. The fraction of sp³-hybridized carbons (Fsp3) is 0.130. The first-order valence-corrected chi connectivity index (χ1v) is 12.2. The van der Waals surface area contributed by atoms with E-state index in [0.717, 1.165) is 11.8 Å². The highest BCUT2D eigenvalue weighted by atomic mass is 35.5. The number of ether oxygens (including phenoxy) is 2. The molecule has 3 aromatic carbocycles. The maximum absolute atomic E-state index is 11.8. The first kappa shape index (κ1) is 22.6. The minimum absolute atomic E-state index is 0.224. The van der Waals surface area contributed by atoms with Crippen LogP contribution in [0.1, 0.15) is 11.3 Å². The highest BCUT2D eigenvalue weighted by molar-refractivity contribution is 7.92. The number of sulfonamides is 1. The first-order valence-electron chi connectivity index (χ1n) is 9.92. The van der Waals surface area contributed by atoms with Crippen molar-refractivity contribution in [1.82, 2.24) is 15.0 Å². The maximum Gasteiger partial charge on any atom is 0.229 e. The molecule has 0 aliphatic carbocycles. The van der Waals surface area contributed by atoms with Crippen molar-refractivity contribution in [2.24, 2.45) is 0 Å². The molecule has 10 heteroatoms. The van der Waals surface area contributed by atoms with Crippen LogP contribution in [0.3, 0.4) is 0 Å². The Morgan fingerprint density at radius 3 is 2.55 bits per heavy atom. The summed E-state index contributed by atoms with van der Waals surface area (Å²) in [5, 5.41) is 8.98. The van der Waals surface area contributed by atoms with Crippen molar-refractivity contribution in [3.63, 3.8) is 0 Å². The van der Waals surface area contributed by atoms with Gasteiger partial charge in [0.05, 0.1) is 23.8 Å². The number of para-hydroxylation sites is 1. The molecule has 1 aromatic heterocycles. The zero-order chi connectivity index (χ0) is 23.4. The predicted octanol–water partition coefficient (Wildman–Crippen LogP) is 4.97. The molecule has 0 amide bonds. The van der Waals surface area contributed by atoms with Crippen molar-refractivity contribution in [3.05, 3.63) is 89.2 Å². The number of aryl methyl sites for hydroxylation is 1. The minimum Gasteiger partial charge on any atom is -0.487 e. The molecule has 0 saturated carbocycles. The Morgan fingerprint density at radius 1 is 1.03 bits per heavy atom. The molecule has 33 heavy (non-hydrogen) atoms. The predicted molar refractivity (Wildman–Crippen MR) is 127 cm³/mol. The summed E-state index contributed by atoms with van der Waals surface area (Å²) in [7, 11) is -3.49. The summed E-state index contributed by atoms with van der Waals surface area (Å²) >= 11 is 6.05. The van der Waals surface area contributed by atoms with Crippen molar-refractivity contribution < 1.29 is 17.9 Å². The standard InChI is InChI=1S/C23H21ClN4O4S/c1-16-12-20(9-10-21(16)24)31-15-17-14-28(27-25-17)18-8-11-22(26-33(2,29)30)23(13-18)32-19-6-4-3-5-7-19/h3-14,26H,15H2,1-2H3. The largest absolute Gasteiger partial charge is 0.487 e. The molecule has 170 valence electrons. The van der Waals surface area contributed by atoms with E-state index >= 15 is 0 Å². The van der Waals surface area contributed by atoms with Gasteiger partial charge in [-0.2, -0.15) is 0 Å². The van der Waals surface area contributed by atoms with E-state index in [1.165, 1.54) is 0 Å². The van der Waals surface area contributed by atoms with Gasteiger partial charge in [-0.15, -0.1) is 5.10 Å². The van der Waals surface area contributed by atoms with Gasteiger partial charge in [0.15, 0.2) is 5.75 Å². The van der Waals surface area contributed by atoms with Crippen LogP contribution in [0.5, 0.6) is 17.2 Å². The molecule has 0 radical (unpaired) electrons. The summed E-state index contributed by atoms with van der Waals surface area (Å²) < 4.78 is 39.3. The molecule has 4 rings (SSSR count). The highest BCUT2D eigenvalue weighted by Crippen LogP contribution is 2.32. The Bertz CT molecular complexity index is 1370. The molecule has 0 bridgehead atoms. The summed E-state index contributed by atoms with van der Waals surface area (Å²) in [5.74, 6) is 1.58. The van der Waals surface area contributed by atoms with Crippen LogP contribution in [0, 0.1) is 6.92 Å². The lowest BCUT2D eigenvalue weighted by atomic mass is 10.2. The average molecular weight is 485 g/mol. The third kappa shape index (κ3) is 6.03. The summed E-state index contributed by atoms with van der Waals surface area (Å²) in [6.45, 7) is 2.13. The van der Waals surface area contributed by atoms with Crippen molar-refractivity contribution >= 4 is 27.3 Å². The smallest absolute Gasteiger partial charge is 0.229 e. The SMILES string of the molecule is Cc1cc(OCc2cn(-c3ccc(NS(C)(=O)=O)c(Oc4ccccc4)c3)nn2)ccc1Cl. The van der Waals surface area contributed by atoms with Gasteiger partial charge in [0.1, 0.15) is 23.8 Å². The Morgan fingerprint density at radius 2 is 1.82 bits per heavy atom. The van der Waals surface area contributed by atoms with E-state index in [1.54, 1.807) is 53.3 Å². The van der Waals surface area contributed by atoms with E-state index in [9.17, 15) is 8.42 Å². The van der Waals surface area contributed by atoms with Crippen molar-refractivity contribution in [2.75, 3.05) is 11.0 Å². The molecule has 1 heterocycles. The van der Waals surface area contributed by atoms with Gasteiger partial charge in [-0.3, -0.25) is 4.72 Å². The number of anilines is 1. The molecular weight excluding hydrogens is 464 g/mol. The van der Waals surface area contributed by atoms with Crippen LogP contribution < -0.4 is 14.2 Å². The van der Waals surface area contributed by atoms with Crippen LogP contribution in [0.4, 0.5) is 5.69 Å². The molecule has 0 fully saturated rings. The zero-order valence-corrected chi connectivity index (χ0v) is 19.5. The third-order valence-electron chi connectivity index (χ3n) is 4.55. The fourth-order valence-corrected chi connectivity index (χ4v) is 3.68. The molecule has 1 N–H and O–H groups in total. The third-order valence-corrected chi connectivity index (χ3v) is 5.57. The van der Waals surface area contributed by atoms with Crippen molar-refractivity contribution in [2.45, 2.75) is 13.5 Å². The van der Waals surface area contributed by atoms with Gasteiger partial charge in [0.2, 0.25) is 10.0 Å². The Kier molecular flexibility index (Phi) is 6.52. The van der Waals surface area contributed by atoms with Gasteiger partial charge in [0, 0.05) is 11.1 Å². The van der Waals surface area contributed by atoms with E-state index in [1.807, 2.05) is 31.2 Å². The second kappa shape index (κ2) is 9.51. The summed E-state index contributed by atoms with van der Waals surface area (Å²) in [6.07, 6.45) is 2.81. The molecule has 0 aliphatic heterocycles. The number of benzene rings is 3. The molecule has 0 aliphatic rings. The fourth-order valence-electron chi connectivity index (χ4n) is 2.99. The number of nitrogens with zero attached hydrogens (tertiary/aromatic N) is 3. The number of rotatable bonds is 8. The zero-order valence-electron chi connectivity index (χ0n) is 17.9. The minimum atomic E-state index is -3.49. The van der Waals surface area contributed by atoms with Crippen LogP contribution in [0.25, 0.3) is 5.69 Å². The van der Waals surface area contributed by atoms with Crippen LogP contribution in [0.15, 0.2) is 72.9 Å². The second-order valence-corrected chi connectivity index (χ2v) is 9.48. The maximum atomic E-state index is 11.8. The number of hydrogen-bond acceptors (Lipinski definition) is 6. The lowest BCUT2D eigenvalue weighted by Crippen LogP contribution is -2.10. The van der Waals surface area contributed by atoms with Gasteiger partial charge >= 0.3 is 0 Å². The second-order valence-electron chi connectivity index (χ2n) is 7.32. The lowest BCUT2D eigenvalue weighted by Gasteiger charge is -2.13. The molecule has 0 atom stereocenters. The summed E-state index contributed by atoms with van der Waals surface area (Å²) in [6, 6.07) is 19.5. The van der Waals surface area contributed by atoms with E-state index in [-0.39, 0.29) is 6.61 Å². The number of aromatic nitrogens is 3. The van der Waals surface area contributed by atoms with Gasteiger partial charge < -0.3 is 9.47 Å². The molecule has 4 aromatic rings. The monoisotopic (exact) mass is 484 g/mol. The number of nitrogens with one attached hydrogen (secondary N) is 1. The van der Waals surface area contributed by atoms with Crippen LogP contribution in [-0.4, -0.2) is 29.7 Å².